The third-order valence-corrected chi connectivity index (χ3v) is 6.95. The number of piperidine rings is 3. The van der Waals surface area contributed by atoms with Gasteiger partial charge in [-0.15, -0.1) is 0 Å². The molecular weight excluding hydrogens is 368 g/mol. The van der Waals surface area contributed by atoms with Gasteiger partial charge in [0.15, 0.2) is 5.82 Å². The first-order chi connectivity index (χ1) is 14.2. The number of nitrogens with one attached hydrogen (secondary N) is 1. The molecule has 3 fully saturated rings. The summed E-state index contributed by atoms with van der Waals surface area (Å²) in [5.41, 5.74) is 0.880. The Morgan fingerprint density at radius 3 is 2.86 bits per heavy atom. The Balaban J connectivity index is 1.28. The predicted molar refractivity (Wildman–Crippen MR) is 107 cm³/mol. The number of carbonyl (C=O) groups is 1. The molecule has 0 radical (unpaired) electrons. The molecule has 2 aromatic rings. The van der Waals surface area contributed by atoms with E-state index in [4.69, 9.17) is 0 Å². The minimum atomic E-state index is 0.0954. The van der Waals surface area contributed by atoms with Crippen LogP contribution >= 0.6 is 0 Å². The highest BCUT2D eigenvalue weighted by Gasteiger charge is 2.47. The van der Waals surface area contributed by atoms with Crippen LogP contribution in [0.2, 0.25) is 0 Å². The zero-order valence-electron chi connectivity index (χ0n) is 16.6. The van der Waals surface area contributed by atoms with Crippen molar-refractivity contribution in [2.75, 3.05) is 26.2 Å². The molecule has 1 amide bonds. The van der Waals surface area contributed by atoms with Crippen molar-refractivity contribution in [2.45, 2.75) is 44.2 Å². The topological polar surface area (TPSA) is 98.2 Å². The van der Waals surface area contributed by atoms with Crippen molar-refractivity contribution in [1.29, 1.82) is 0 Å². The second-order valence-corrected chi connectivity index (χ2v) is 8.62. The number of hydrogen-bond donors (Lipinski definition) is 2. The summed E-state index contributed by atoms with van der Waals surface area (Å²) in [4.78, 5) is 26.1. The molecule has 5 heterocycles. The molecule has 3 aliphatic rings. The van der Waals surface area contributed by atoms with Gasteiger partial charge in [-0.1, -0.05) is 6.42 Å². The lowest BCUT2D eigenvalue weighted by Gasteiger charge is -2.56. The van der Waals surface area contributed by atoms with Gasteiger partial charge in [-0.05, 0) is 49.8 Å². The number of rotatable bonds is 4. The van der Waals surface area contributed by atoms with Gasteiger partial charge < -0.3 is 10.0 Å². The third-order valence-electron chi connectivity index (χ3n) is 6.95. The van der Waals surface area contributed by atoms with Crippen molar-refractivity contribution < 1.29 is 9.90 Å². The number of H-pyrrole nitrogens is 1. The van der Waals surface area contributed by atoms with E-state index in [1.165, 1.54) is 19.3 Å². The second-order valence-electron chi connectivity index (χ2n) is 8.62. The first-order valence-corrected chi connectivity index (χ1v) is 10.7. The number of likely N-dealkylation sites (tertiary alicyclic amines) is 1. The van der Waals surface area contributed by atoms with E-state index in [2.05, 4.69) is 25.1 Å². The molecule has 3 saturated heterocycles. The van der Waals surface area contributed by atoms with Crippen LogP contribution in [0.5, 0.6) is 0 Å². The number of pyridine rings is 1. The normalized spacial score (nSPS) is 29.5. The molecule has 3 aliphatic heterocycles. The maximum atomic E-state index is 13.1. The molecule has 2 bridgehead atoms. The number of aromatic amines is 1. The van der Waals surface area contributed by atoms with E-state index < -0.39 is 0 Å². The van der Waals surface area contributed by atoms with Crippen molar-refractivity contribution >= 4 is 5.91 Å². The van der Waals surface area contributed by atoms with Crippen LogP contribution in [0.1, 0.15) is 31.5 Å². The fourth-order valence-electron chi connectivity index (χ4n) is 5.62. The van der Waals surface area contributed by atoms with E-state index in [9.17, 15) is 9.90 Å². The molecule has 2 N–H and O–H groups in total. The van der Waals surface area contributed by atoms with Crippen molar-refractivity contribution in [2.24, 2.45) is 11.8 Å². The number of aromatic nitrogens is 4. The highest BCUT2D eigenvalue weighted by Crippen LogP contribution is 2.41. The molecule has 0 saturated carbocycles. The van der Waals surface area contributed by atoms with Gasteiger partial charge in [0.2, 0.25) is 5.91 Å². The van der Waals surface area contributed by atoms with Gasteiger partial charge in [0.25, 0.3) is 0 Å². The van der Waals surface area contributed by atoms with Gasteiger partial charge in [-0.25, -0.2) is 4.98 Å². The summed E-state index contributed by atoms with van der Waals surface area (Å²) < 4.78 is 0. The minimum absolute atomic E-state index is 0.0954. The van der Waals surface area contributed by atoms with Crippen LogP contribution in [0.4, 0.5) is 0 Å². The number of nitrogens with zero attached hydrogens (tertiary/aromatic N) is 5. The lowest BCUT2D eigenvalue weighted by atomic mass is 9.72. The van der Waals surface area contributed by atoms with E-state index in [1.807, 2.05) is 17.0 Å². The lowest BCUT2D eigenvalue weighted by Crippen LogP contribution is -2.65. The Bertz CT molecular complexity index is 842. The van der Waals surface area contributed by atoms with Crippen molar-refractivity contribution in [3.63, 3.8) is 0 Å². The van der Waals surface area contributed by atoms with E-state index >= 15 is 0 Å². The Hall–Kier alpha value is -2.32. The number of hydrogen-bond acceptors (Lipinski definition) is 6. The predicted octanol–water partition coefficient (Wildman–Crippen LogP) is 1.10. The molecule has 2 aromatic heterocycles. The zero-order valence-corrected chi connectivity index (χ0v) is 16.6. The van der Waals surface area contributed by atoms with Crippen molar-refractivity contribution in [3.8, 4) is 11.4 Å². The number of aliphatic hydroxyl groups is 1. The van der Waals surface area contributed by atoms with Crippen LogP contribution in [0, 0.1) is 11.8 Å². The Morgan fingerprint density at radius 1 is 1.21 bits per heavy atom. The smallest absolute Gasteiger partial charge is 0.230 e. The molecule has 0 spiro atoms. The summed E-state index contributed by atoms with van der Waals surface area (Å²) in [6, 6.07) is 4.41. The molecule has 0 unspecified atom stereocenters. The number of carbonyl (C=O) groups excluding carboxylic acids is 1. The average Bonchev–Trinajstić information content (AvgIpc) is 3.23. The molecule has 5 rings (SSSR count). The SMILES string of the molecule is O=C(Cc1nc(-c2ccncc2)n[nH]1)N1C[C@H]2C[C@@H](C1)[C@H](CO)N1CCCC[C@@H]21. The van der Waals surface area contributed by atoms with Gasteiger partial charge in [-0.3, -0.25) is 19.8 Å². The highest BCUT2D eigenvalue weighted by atomic mass is 16.3. The molecule has 154 valence electrons. The van der Waals surface area contributed by atoms with Gasteiger partial charge in [-0.2, -0.15) is 5.10 Å². The van der Waals surface area contributed by atoms with Crippen LogP contribution in [0.25, 0.3) is 11.4 Å². The van der Waals surface area contributed by atoms with Crippen LogP contribution in [0.3, 0.4) is 0 Å². The summed E-state index contributed by atoms with van der Waals surface area (Å²) in [6.07, 6.45) is 8.43. The number of amides is 1. The van der Waals surface area contributed by atoms with Gasteiger partial charge >= 0.3 is 0 Å². The monoisotopic (exact) mass is 396 g/mol. The maximum Gasteiger partial charge on any atom is 0.230 e. The second kappa shape index (κ2) is 7.84. The van der Waals surface area contributed by atoms with Crippen LogP contribution < -0.4 is 0 Å². The molecule has 0 aliphatic carbocycles. The van der Waals surface area contributed by atoms with Gasteiger partial charge in [0, 0.05) is 43.1 Å². The minimum Gasteiger partial charge on any atom is -0.395 e. The van der Waals surface area contributed by atoms with Crippen molar-refractivity contribution in [1.82, 2.24) is 30.0 Å². The molecule has 29 heavy (non-hydrogen) atoms. The lowest BCUT2D eigenvalue weighted by molar-refractivity contribution is -0.141. The largest absolute Gasteiger partial charge is 0.395 e. The van der Waals surface area contributed by atoms with Gasteiger partial charge in [0.05, 0.1) is 13.0 Å². The molecule has 4 atom stereocenters. The summed E-state index contributed by atoms with van der Waals surface area (Å²) in [6.45, 7) is 2.83. The fourth-order valence-corrected chi connectivity index (χ4v) is 5.62. The van der Waals surface area contributed by atoms with E-state index in [0.29, 0.717) is 29.5 Å². The van der Waals surface area contributed by atoms with Gasteiger partial charge in [0.1, 0.15) is 5.82 Å². The van der Waals surface area contributed by atoms with Crippen LogP contribution in [0.15, 0.2) is 24.5 Å². The third kappa shape index (κ3) is 3.55. The van der Waals surface area contributed by atoms with Crippen LogP contribution in [-0.2, 0) is 11.2 Å². The van der Waals surface area contributed by atoms with E-state index in [1.54, 1.807) is 12.4 Å². The maximum absolute atomic E-state index is 13.1. The molecule has 0 aromatic carbocycles. The summed E-state index contributed by atoms with van der Waals surface area (Å²) in [5.74, 6) is 2.15. The Morgan fingerprint density at radius 2 is 2.03 bits per heavy atom. The van der Waals surface area contributed by atoms with Crippen LogP contribution in [-0.4, -0.2) is 79.3 Å². The molecule has 8 heteroatoms. The summed E-state index contributed by atoms with van der Waals surface area (Å²) >= 11 is 0. The van der Waals surface area contributed by atoms with Crippen molar-refractivity contribution in [3.05, 3.63) is 30.4 Å². The first kappa shape index (κ1) is 18.7. The molecular formula is C21H28N6O2. The van der Waals surface area contributed by atoms with E-state index in [-0.39, 0.29) is 25.0 Å². The summed E-state index contributed by atoms with van der Waals surface area (Å²) in [7, 11) is 0. The molecule has 8 nitrogen and oxygen atoms in total. The average molecular weight is 396 g/mol. The first-order valence-electron chi connectivity index (χ1n) is 10.7. The number of aliphatic hydroxyl groups excluding tert-OH is 1. The zero-order chi connectivity index (χ0) is 19.8. The fraction of sp³-hybridized carbons (Fsp3) is 0.619. The Kier molecular flexibility index (Phi) is 5.05. The summed E-state index contributed by atoms with van der Waals surface area (Å²) in [5, 5.41) is 17.2. The Labute approximate surface area is 170 Å². The highest BCUT2D eigenvalue weighted by molar-refractivity contribution is 5.78. The quantitative estimate of drug-likeness (QED) is 0.803. The standard InChI is InChI=1S/C21H28N6O2/c28-13-18-16-9-15(17-3-1-2-8-27(17)18)11-26(12-16)20(29)10-19-23-21(25-24-19)14-4-6-22-7-5-14/h4-7,15-18,28H,1-3,8-13H2,(H,23,24,25)/t15-,16+,17+,18+/m1/s1. The van der Waals surface area contributed by atoms with E-state index in [0.717, 1.165) is 31.6 Å². The number of fused-ring (bicyclic) bond motifs is 4.